The van der Waals surface area contributed by atoms with Crippen LogP contribution in [0.3, 0.4) is 0 Å². The smallest absolute Gasteiger partial charge is 0.350 e. The number of nitrogens with one attached hydrogen (secondary N) is 2. The predicted octanol–water partition coefficient (Wildman–Crippen LogP) is 0.852. The molecule has 0 radical (unpaired) electrons. The molecule has 1 saturated heterocycles. The van der Waals surface area contributed by atoms with Crippen molar-refractivity contribution in [3.05, 3.63) is 16.3 Å². The van der Waals surface area contributed by atoms with E-state index < -0.39 is 5.97 Å². The van der Waals surface area contributed by atoms with Crippen LogP contribution in [-0.4, -0.2) is 44.8 Å². The monoisotopic (exact) mass is 284 g/mol. The van der Waals surface area contributed by atoms with Gasteiger partial charge in [0, 0.05) is 13.1 Å². The second-order valence-corrected chi connectivity index (χ2v) is 5.02. The summed E-state index contributed by atoms with van der Waals surface area (Å²) in [5.41, 5.74) is 0.491. The Hall–Kier alpha value is -1.44. The zero-order valence-electron chi connectivity index (χ0n) is 10.6. The Kier molecular flexibility index (Phi) is 4.89. The van der Waals surface area contributed by atoms with Gasteiger partial charge in [-0.15, -0.1) is 11.3 Å². The maximum atomic E-state index is 11.9. The van der Waals surface area contributed by atoms with E-state index >= 15 is 0 Å². The molecule has 0 aromatic carbocycles. The summed E-state index contributed by atoms with van der Waals surface area (Å²) in [5.74, 6) is -0.613. The van der Waals surface area contributed by atoms with Crippen molar-refractivity contribution in [3.63, 3.8) is 0 Å². The molecule has 2 heterocycles. The standard InChI is InChI=1S/C12H16N2O4S/c1-17-12(16)11-9(2-5-19-11)14-10(15)6-8-7-13-3-4-18-8/h2,5,8,13H,3-4,6-7H2,1H3,(H,14,15). The van der Waals surface area contributed by atoms with E-state index in [-0.39, 0.29) is 18.4 Å². The maximum absolute atomic E-state index is 11.9. The molecule has 2 N–H and O–H groups in total. The summed E-state index contributed by atoms with van der Waals surface area (Å²) in [6.45, 7) is 2.10. The summed E-state index contributed by atoms with van der Waals surface area (Å²) in [5, 5.41) is 7.61. The summed E-state index contributed by atoms with van der Waals surface area (Å²) < 4.78 is 10.1. The van der Waals surface area contributed by atoms with Crippen molar-refractivity contribution in [2.45, 2.75) is 12.5 Å². The lowest BCUT2D eigenvalue weighted by molar-refractivity contribution is -0.119. The van der Waals surface area contributed by atoms with Crippen LogP contribution in [0, 0.1) is 0 Å². The Bertz CT molecular complexity index is 454. The molecule has 1 aromatic rings. The molecule has 1 amide bonds. The highest BCUT2D eigenvalue weighted by atomic mass is 32.1. The first kappa shape index (κ1) is 14.0. The van der Waals surface area contributed by atoms with E-state index in [0.29, 0.717) is 23.7 Å². The van der Waals surface area contributed by atoms with Gasteiger partial charge in [0.25, 0.3) is 0 Å². The van der Waals surface area contributed by atoms with E-state index in [2.05, 4.69) is 15.4 Å². The minimum absolute atomic E-state index is 0.117. The number of amides is 1. The zero-order valence-corrected chi connectivity index (χ0v) is 11.4. The van der Waals surface area contributed by atoms with Gasteiger partial charge in [0.2, 0.25) is 5.91 Å². The average molecular weight is 284 g/mol. The Morgan fingerprint density at radius 1 is 1.63 bits per heavy atom. The lowest BCUT2D eigenvalue weighted by atomic mass is 10.2. The van der Waals surface area contributed by atoms with Crippen LogP contribution in [0.15, 0.2) is 11.4 Å². The van der Waals surface area contributed by atoms with Gasteiger partial charge >= 0.3 is 5.97 Å². The van der Waals surface area contributed by atoms with Crippen LogP contribution < -0.4 is 10.6 Å². The van der Waals surface area contributed by atoms with Gasteiger partial charge in [0.1, 0.15) is 4.88 Å². The summed E-state index contributed by atoms with van der Waals surface area (Å²) in [7, 11) is 1.31. The van der Waals surface area contributed by atoms with E-state index in [4.69, 9.17) is 4.74 Å². The van der Waals surface area contributed by atoms with Crippen molar-refractivity contribution in [1.29, 1.82) is 0 Å². The number of esters is 1. The van der Waals surface area contributed by atoms with E-state index in [0.717, 1.165) is 6.54 Å². The molecule has 0 saturated carbocycles. The van der Waals surface area contributed by atoms with E-state index in [1.165, 1.54) is 18.4 Å². The van der Waals surface area contributed by atoms with Gasteiger partial charge in [-0.05, 0) is 11.4 Å². The zero-order chi connectivity index (χ0) is 13.7. The summed E-state index contributed by atoms with van der Waals surface area (Å²) >= 11 is 1.24. The first-order chi connectivity index (χ1) is 9.20. The van der Waals surface area contributed by atoms with Gasteiger partial charge in [-0.25, -0.2) is 4.79 Å². The molecule has 1 aromatic heterocycles. The molecule has 6 nitrogen and oxygen atoms in total. The third-order valence-electron chi connectivity index (χ3n) is 2.73. The number of thiophene rings is 1. The Morgan fingerprint density at radius 3 is 3.16 bits per heavy atom. The molecular formula is C12H16N2O4S. The van der Waals surface area contributed by atoms with Crippen LogP contribution in [0.5, 0.6) is 0 Å². The van der Waals surface area contributed by atoms with Crippen molar-refractivity contribution in [3.8, 4) is 0 Å². The minimum Gasteiger partial charge on any atom is -0.465 e. The fourth-order valence-corrected chi connectivity index (χ4v) is 2.58. The van der Waals surface area contributed by atoms with Crippen LogP contribution in [0.4, 0.5) is 5.69 Å². The molecule has 1 atom stereocenters. The molecule has 1 fully saturated rings. The maximum Gasteiger partial charge on any atom is 0.350 e. The van der Waals surface area contributed by atoms with Crippen LogP contribution in [0.25, 0.3) is 0 Å². The molecule has 104 valence electrons. The highest BCUT2D eigenvalue weighted by Gasteiger charge is 2.20. The number of rotatable bonds is 4. The average Bonchev–Trinajstić information content (AvgIpc) is 2.87. The van der Waals surface area contributed by atoms with Gasteiger partial charge in [0.15, 0.2) is 0 Å². The second-order valence-electron chi connectivity index (χ2n) is 4.10. The predicted molar refractivity (Wildman–Crippen MR) is 71.5 cm³/mol. The van der Waals surface area contributed by atoms with Crippen LogP contribution >= 0.6 is 11.3 Å². The van der Waals surface area contributed by atoms with Gasteiger partial charge in [-0.1, -0.05) is 0 Å². The lowest BCUT2D eigenvalue weighted by Gasteiger charge is -2.23. The molecule has 0 aliphatic carbocycles. The van der Waals surface area contributed by atoms with Crippen LogP contribution in [0.2, 0.25) is 0 Å². The van der Waals surface area contributed by atoms with Gasteiger partial charge < -0.3 is 20.1 Å². The molecule has 1 aliphatic heterocycles. The molecule has 19 heavy (non-hydrogen) atoms. The molecular weight excluding hydrogens is 268 g/mol. The van der Waals surface area contributed by atoms with E-state index in [1.807, 2.05) is 0 Å². The Morgan fingerprint density at radius 2 is 2.47 bits per heavy atom. The van der Waals surface area contributed by atoms with E-state index in [1.54, 1.807) is 11.4 Å². The number of morpholine rings is 1. The van der Waals surface area contributed by atoms with Gasteiger partial charge in [-0.3, -0.25) is 4.79 Å². The van der Waals surface area contributed by atoms with Crippen molar-refractivity contribution < 1.29 is 19.1 Å². The van der Waals surface area contributed by atoms with E-state index in [9.17, 15) is 9.59 Å². The number of anilines is 1. The highest BCUT2D eigenvalue weighted by molar-refractivity contribution is 7.12. The Balaban J connectivity index is 1.91. The third kappa shape index (κ3) is 3.76. The molecule has 0 spiro atoms. The third-order valence-corrected chi connectivity index (χ3v) is 3.62. The fraction of sp³-hybridized carbons (Fsp3) is 0.500. The van der Waals surface area contributed by atoms with Crippen molar-refractivity contribution in [2.24, 2.45) is 0 Å². The SMILES string of the molecule is COC(=O)c1sccc1NC(=O)CC1CNCCO1. The molecule has 7 heteroatoms. The van der Waals surface area contributed by atoms with Gasteiger partial charge in [-0.2, -0.15) is 0 Å². The second kappa shape index (κ2) is 6.65. The molecule has 1 aliphatic rings. The molecule has 0 bridgehead atoms. The normalized spacial score (nSPS) is 18.9. The number of ether oxygens (including phenoxy) is 2. The molecule has 1 unspecified atom stereocenters. The highest BCUT2D eigenvalue weighted by Crippen LogP contribution is 2.23. The number of hydrogen-bond donors (Lipinski definition) is 2. The number of carbonyl (C=O) groups is 2. The molecule has 2 rings (SSSR count). The summed E-state index contributed by atoms with van der Waals surface area (Å²) in [6.07, 6.45) is 0.151. The summed E-state index contributed by atoms with van der Waals surface area (Å²) in [4.78, 5) is 23.7. The van der Waals surface area contributed by atoms with Crippen LogP contribution in [0.1, 0.15) is 16.1 Å². The fourth-order valence-electron chi connectivity index (χ4n) is 1.82. The quantitative estimate of drug-likeness (QED) is 0.802. The minimum atomic E-state index is -0.444. The van der Waals surface area contributed by atoms with Crippen LogP contribution in [-0.2, 0) is 14.3 Å². The van der Waals surface area contributed by atoms with Crippen molar-refractivity contribution in [1.82, 2.24) is 5.32 Å². The van der Waals surface area contributed by atoms with Crippen molar-refractivity contribution in [2.75, 3.05) is 32.1 Å². The Labute approximate surface area is 115 Å². The number of methoxy groups -OCH3 is 1. The number of carbonyl (C=O) groups excluding carboxylic acids is 2. The lowest BCUT2D eigenvalue weighted by Crippen LogP contribution is -2.40. The van der Waals surface area contributed by atoms with Crippen molar-refractivity contribution >= 4 is 28.9 Å². The summed E-state index contributed by atoms with van der Waals surface area (Å²) in [6, 6.07) is 1.69. The first-order valence-corrected chi connectivity index (χ1v) is 6.86. The first-order valence-electron chi connectivity index (χ1n) is 5.98. The topological polar surface area (TPSA) is 76.7 Å². The number of hydrogen-bond acceptors (Lipinski definition) is 6. The van der Waals surface area contributed by atoms with Gasteiger partial charge in [0.05, 0.1) is 31.9 Å². The largest absolute Gasteiger partial charge is 0.465 e.